The van der Waals surface area contributed by atoms with Crippen molar-refractivity contribution in [1.29, 1.82) is 0 Å². The van der Waals surface area contributed by atoms with E-state index in [-0.39, 0.29) is 23.5 Å². The third kappa shape index (κ3) is 5.04. The van der Waals surface area contributed by atoms with E-state index in [0.29, 0.717) is 22.8 Å². The van der Waals surface area contributed by atoms with Gasteiger partial charge < -0.3 is 15.5 Å². The second-order valence-electron chi connectivity index (χ2n) is 8.12. The maximum absolute atomic E-state index is 12.9. The van der Waals surface area contributed by atoms with Gasteiger partial charge in [-0.1, -0.05) is 29.8 Å². The molecular weight excluding hydrogens is 374 g/mol. The summed E-state index contributed by atoms with van der Waals surface area (Å²) in [5.41, 5.74) is 1.83. The van der Waals surface area contributed by atoms with E-state index in [0.717, 1.165) is 18.4 Å². The number of carbonyl (C=O) groups excluding carboxylic acids is 2. The van der Waals surface area contributed by atoms with Crippen molar-refractivity contribution >= 4 is 29.2 Å². The molecule has 0 saturated carbocycles. The first-order valence-electron chi connectivity index (χ1n) is 9.48. The van der Waals surface area contributed by atoms with E-state index in [4.69, 9.17) is 11.6 Å². The van der Waals surface area contributed by atoms with Crippen LogP contribution in [-0.4, -0.2) is 28.9 Å². The average molecular weight is 400 g/mol. The van der Waals surface area contributed by atoms with Crippen LogP contribution in [0.2, 0.25) is 5.02 Å². The zero-order valence-electron chi connectivity index (χ0n) is 16.5. The first-order chi connectivity index (χ1) is 13.2. The molecule has 0 spiro atoms. The van der Waals surface area contributed by atoms with Crippen LogP contribution in [-0.2, 0) is 0 Å². The number of anilines is 1. The molecule has 1 aliphatic rings. The molecule has 3 rings (SSSR count). The van der Waals surface area contributed by atoms with Crippen LogP contribution in [0.5, 0.6) is 0 Å². The van der Waals surface area contributed by atoms with Gasteiger partial charge in [0.25, 0.3) is 5.91 Å². The molecule has 1 saturated heterocycles. The molecule has 1 heterocycles. The fourth-order valence-corrected chi connectivity index (χ4v) is 3.62. The van der Waals surface area contributed by atoms with Gasteiger partial charge in [-0.3, -0.25) is 4.79 Å². The number of likely N-dealkylation sites (tertiary alicyclic amines) is 1. The Labute approximate surface area is 171 Å². The fourth-order valence-electron chi connectivity index (χ4n) is 3.42. The molecule has 28 heavy (non-hydrogen) atoms. The van der Waals surface area contributed by atoms with E-state index < -0.39 is 0 Å². The molecule has 148 valence electrons. The molecule has 0 bridgehead atoms. The highest BCUT2D eigenvalue weighted by atomic mass is 35.5. The number of nitrogens with zero attached hydrogens (tertiary/aromatic N) is 1. The van der Waals surface area contributed by atoms with Crippen LogP contribution in [0, 0.1) is 0 Å². The van der Waals surface area contributed by atoms with Crippen LogP contribution in [0.25, 0.3) is 0 Å². The molecule has 2 aromatic carbocycles. The smallest absolute Gasteiger partial charge is 0.322 e. The van der Waals surface area contributed by atoms with Gasteiger partial charge in [0.05, 0.1) is 6.04 Å². The van der Waals surface area contributed by atoms with E-state index in [1.54, 1.807) is 24.3 Å². The molecule has 0 aliphatic carbocycles. The quantitative estimate of drug-likeness (QED) is 0.741. The van der Waals surface area contributed by atoms with Crippen molar-refractivity contribution in [2.75, 3.05) is 11.9 Å². The van der Waals surface area contributed by atoms with Crippen LogP contribution < -0.4 is 10.6 Å². The number of hydrogen-bond acceptors (Lipinski definition) is 2. The minimum absolute atomic E-state index is 0.00562. The Kier molecular flexibility index (Phi) is 5.94. The second-order valence-corrected chi connectivity index (χ2v) is 8.56. The van der Waals surface area contributed by atoms with E-state index in [9.17, 15) is 9.59 Å². The summed E-state index contributed by atoms with van der Waals surface area (Å²) in [7, 11) is 0. The summed E-state index contributed by atoms with van der Waals surface area (Å²) in [5, 5.41) is 6.53. The Hall–Kier alpha value is -2.53. The highest BCUT2D eigenvalue weighted by molar-refractivity contribution is 6.30. The van der Waals surface area contributed by atoms with Crippen LogP contribution in [0.1, 0.15) is 55.6 Å². The van der Waals surface area contributed by atoms with Crippen LogP contribution in [0.3, 0.4) is 0 Å². The first-order valence-corrected chi connectivity index (χ1v) is 9.86. The molecule has 1 atom stereocenters. The Balaban J connectivity index is 1.72. The van der Waals surface area contributed by atoms with E-state index in [1.807, 2.05) is 49.9 Å². The number of amides is 3. The molecule has 3 amide bonds. The Morgan fingerprint density at radius 3 is 2.57 bits per heavy atom. The van der Waals surface area contributed by atoms with Crippen molar-refractivity contribution in [2.45, 2.75) is 45.2 Å². The van der Waals surface area contributed by atoms with E-state index in [2.05, 4.69) is 10.6 Å². The number of urea groups is 1. The van der Waals surface area contributed by atoms with Gasteiger partial charge in [0, 0.05) is 28.4 Å². The SMILES string of the molecule is CC(C)(C)NC(=O)c1cccc(NC(=O)N2CCCC2c2cccc(Cl)c2)c1. The highest BCUT2D eigenvalue weighted by Crippen LogP contribution is 2.33. The van der Waals surface area contributed by atoms with Gasteiger partial charge in [-0.05, 0) is 69.5 Å². The number of hydrogen-bond donors (Lipinski definition) is 2. The lowest BCUT2D eigenvalue weighted by Crippen LogP contribution is -2.40. The number of benzene rings is 2. The Morgan fingerprint density at radius 1 is 1.11 bits per heavy atom. The summed E-state index contributed by atoms with van der Waals surface area (Å²) in [6.07, 6.45) is 1.85. The maximum atomic E-state index is 12.9. The van der Waals surface area contributed by atoms with Crippen molar-refractivity contribution < 1.29 is 9.59 Å². The molecular formula is C22H26ClN3O2. The zero-order valence-corrected chi connectivity index (χ0v) is 17.2. The molecule has 0 aromatic heterocycles. The predicted molar refractivity (Wildman–Crippen MR) is 113 cm³/mol. The van der Waals surface area contributed by atoms with Crippen molar-refractivity contribution in [3.05, 3.63) is 64.7 Å². The third-order valence-electron chi connectivity index (χ3n) is 4.61. The minimum Gasteiger partial charge on any atom is -0.347 e. The highest BCUT2D eigenvalue weighted by Gasteiger charge is 2.30. The zero-order chi connectivity index (χ0) is 20.3. The topological polar surface area (TPSA) is 61.4 Å². The standard InChI is InChI=1S/C22H26ClN3O2/c1-22(2,3)25-20(27)16-8-5-10-18(14-16)24-21(28)26-12-6-11-19(26)15-7-4-9-17(23)13-15/h4-5,7-10,13-14,19H,6,11-12H2,1-3H3,(H,24,28)(H,25,27). The second kappa shape index (κ2) is 8.23. The van der Waals surface area contributed by atoms with Gasteiger partial charge in [0.2, 0.25) is 0 Å². The molecule has 1 fully saturated rings. The Morgan fingerprint density at radius 2 is 1.86 bits per heavy atom. The largest absolute Gasteiger partial charge is 0.347 e. The lowest BCUT2D eigenvalue weighted by molar-refractivity contribution is 0.0919. The van der Waals surface area contributed by atoms with Gasteiger partial charge in [-0.15, -0.1) is 0 Å². The van der Waals surface area contributed by atoms with Gasteiger partial charge in [0.15, 0.2) is 0 Å². The number of rotatable bonds is 3. The molecule has 2 aromatic rings. The molecule has 1 unspecified atom stereocenters. The lowest BCUT2D eigenvalue weighted by atomic mass is 10.0. The summed E-state index contributed by atoms with van der Waals surface area (Å²) < 4.78 is 0. The van der Waals surface area contributed by atoms with E-state index in [1.165, 1.54) is 0 Å². The van der Waals surface area contributed by atoms with Gasteiger partial charge >= 0.3 is 6.03 Å². The summed E-state index contributed by atoms with van der Waals surface area (Å²) in [6, 6.07) is 14.5. The summed E-state index contributed by atoms with van der Waals surface area (Å²) in [4.78, 5) is 27.1. The van der Waals surface area contributed by atoms with Crippen molar-refractivity contribution in [3.63, 3.8) is 0 Å². The van der Waals surface area contributed by atoms with Crippen molar-refractivity contribution in [1.82, 2.24) is 10.2 Å². The fraction of sp³-hybridized carbons (Fsp3) is 0.364. The van der Waals surface area contributed by atoms with Crippen LogP contribution in [0.15, 0.2) is 48.5 Å². The molecule has 0 radical (unpaired) electrons. The predicted octanol–water partition coefficient (Wildman–Crippen LogP) is 5.24. The van der Waals surface area contributed by atoms with E-state index >= 15 is 0 Å². The van der Waals surface area contributed by atoms with Crippen LogP contribution in [0.4, 0.5) is 10.5 Å². The monoisotopic (exact) mass is 399 g/mol. The number of halogens is 1. The van der Waals surface area contributed by atoms with Crippen molar-refractivity contribution in [2.24, 2.45) is 0 Å². The maximum Gasteiger partial charge on any atom is 0.322 e. The third-order valence-corrected chi connectivity index (χ3v) is 4.85. The van der Waals surface area contributed by atoms with Gasteiger partial charge in [-0.25, -0.2) is 4.79 Å². The summed E-state index contributed by atoms with van der Waals surface area (Å²) in [5.74, 6) is -0.165. The Bertz CT molecular complexity index is 876. The minimum atomic E-state index is -0.323. The van der Waals surface area contributed by atoms with Gasteiger partial charge in [0.1, 0.15) is 0 Å². The normalized spacial score (nSPS) is 16.7. The molecule has 2 N–H and O–H groups in total. The van der Waals surface area contributed by atoms with Crippen LogP contribution >= 0.6 is 11.6 Å². The number of carbonyl (C=O) groups is 2. The molecule has 5 nitrogen and oxygen atoms in total. The average Bonchev–Trinajstić information content (AvgIpc) is 3.10. The molecule has 6 heteroatoms. The first kappa shape index (κ1) is 20.2. The number of nitrogens with one attached hydrogen (secondary N) is 2. The molecule has 1 aliphatic heterocycles. The lowest BCUT2D eigenvalue weighted by Gasteiger charge is -2.25. The van der Waals surface area contributed by atoms with Gasteiger partial charge in [-0.2, -0.15) is 0 Å². The van der Waals surface area contributed by atoms with Crippen molar-refractivity contribution in [3.8, 4) is 0 Å². The summed E-state index contributed by atoms with van der Waals surface area (Å²) >= 11 is 6.12. The summed E-state index contributed by atoms with van der Waals surface area (Å²) in [6.45, 7) is 6.48.